The molecule has 1 aromatic heterocycles. The first-order valence-electron chi connectivity index (χ1n) is 9.16. The molecule has 0 radical (unpaired) electrons. The second kappa shape index (κ2) is 8.23. The molecule has 0 spiro atoms. The zero-order valence-corrected chi connectivity index (χ0v) is 17.3. The van der Waals surface area contributed by atoms with Crippen molar-refractivity contribution < 1.29 is 23.1 Å². The van der Waals surface area contributed by atoms with Gasteiger partial charge in [0.25, 0.3) is 0 Å². The van der Waals surface area contributed by atoms with Gasteiger partial charge >= 0.3 is 5.97 Å². The summed E-state index contributed by atoms with van der Waals surface area (Å²) >= 11 is 0. The van der Waals surface area contributed by atoms with Crippen LogP contribution in [0.4, 0.5) is 0 Å². The van der Waals surface area contributed by atoms with Crippen LogP contribution in [0.3, 0.4) is 0 Å². The Hall–Kier alpha value is -2.90. The van der Waals surface area contributed by atoms with Crippen molar-refractivity contribution in [3.63, 3.8) is 0 Å². The highest BCUT2D eigenvalue weighted by atomic mass is 32.2. The van der Waals surface area contributed by atoms with Gasteiger partial charge in [-0.1, -0.05) is 30.3 Å². The van der Waals surface area contributed by atoms with Crippen LogP contribution < -0.4 is 0 Å². The van der Waals surface area contributed by atoms with Gasteiger partial charge in [-0.25, -0.2) is 13.2 Å². The van der Waals surface area contributed by atoms with Gasteiger partial charge in [0.2, 0.25) is 0 Å². The molecule has 0 bridgehead atoms. The molecule has 1 N–H and O–H groups in total. The second-order valence-corrected chi connectivity index (χ2v) is 8.73. The molecule has 6 nitrogen and oxygen atoms in total. The van der Waals surface area contributed by atoms with E-state index < -0.39 is 21.9 Å². The maximum absolute atomic E-state index is 11.8. The number of ether oxygens (including phenoxy) is 1. The summed E-state index contributed by atoms with van der Waals surface area (Å²) < 4.78 is 31.0. The molecule has 0 aliphatic carbocycles. The summed E-state index contributed by atoms with van der Waals surface area (Å²) in [5.41, 5.74) is 3.72. The van der Waals surface area contributed by atoms with E-state index in [0.29, 0.717) is 5.56 Å². The Morgan fingerprint density at radius 2 is 1.72 bits per heavy atom. The minimum absolute atomic E-state index is 0.230. The summed E-state index contributed by atoms with van der Waals surface area (Å²) in [5.74, 6) is -1.06. The summed E-state index contributed by atoms with van der Waals surface area (Å²) in [6, 6.07) is 17.9. The Morgan fingerprint density at radius 3 is 2.24 bits per heavy atom. The third kappa shape index (κ3) is 4.26. The van der Waals surface area contributed by atoms with Gasteiger partial charge < -0.3 is 14.4 Å². The highest BCUT2D eigenvalue weighted by Crippen LogP contribution is 2.34. The van der Waals surface area contributed by atoms with Crippen molar-refractivity contribution in [1.29, 1.82) is 0 Å². The molecular formula is C22H23NO5S. The monoisotopic (exact) mass is 413 g/mol. The van der Waals surface area contributed by atoms with Crippen molar-refractivity contribution in [1.82, 2.24) is 4.57 Å². The zero-order valence-electron chi connectivity index (χ0n) is 16.5. The van der Waals surface area contributed by atoms with Gasteiger partial charge in [0.05, 0.1) is 10.6 Å². The number of rotatable bonds is 7. The predicted octanol–water partition coefficient (Wildman–Crippen LogP) is 4.02. The molecule has 0 aliphatic rings. The molecule has 7 heteroatoms. The molecule has 29 heavy (non-hydrogen) atoms. The van der Waals surface area contributed by atoms with Crippen molar-refractivity contribution in [2.75, 3.05) is 12.9 Å². The van der Waals surface area contributed by atoms with Gasteiger partial charge in [-0.3, -0.25) is 0 Å². The Balaban J connectivity index is 2.22. The van der Waals surface area contributed by atoms with Gasteiger partial charge in [-0.05, 0) is 49.7 Å². The van der Waals surface area contributed by atoms with Crippen molar-refractivity contribution in [3.8, 4) is 16.9 Å². The summed E-state index contributed by atoms with van der Waals surface area (Å²) in [4.78, 5) is 12.0. The van der Waals surface area contributed by atoms with Crippen molar-refractivity contribution in [2.45, 2.75) is 24.8 Å². The lowest BCUT2D eigenvalue weighted by Gasteiger charge is -2.14. The van der Waals surface area contributed by atoms with Gasteiger partial charge in [-0.2, -0.15) is 0 Å². The van der Waals surface area contributed by atoms with E-state index >= 15 is 0 Å². The van der Waals surface area contributed by atoms with E-state index in [1.165, 1.54) is 0 Å². The highest BCUT2D eigenvalue weighted by Gasteiger charge is 2.27. The third-order valence-corrected chi connectivity index (χ3v) is 5.85. The molecule has 1 atom stereocenters. The lowest BCUT2D eigenvalue weighted by molar-refractivity contribution is -0.150. The maximum Gasteiger partial charge on any atom is 0.337 e. The average Bonchev–Trinajstić information content (AvgIpc) is 3.03. The minimum Gasteiger partial charge on any atom is -0.479 e. The van der Waals surface area contributed by atoms with Crippen LogP contribution in [0.25, 0.3) is 16.9 Å². The van der Waals surface area contributed by atoms with E-state index in [9.17, 15) is 18.3 Å². The van der Waals surface area contributed by atoms with Gasteiger partial charge in [-0.15, -0.1) is 0 Å². The van der Waals surface area contributed by atoms with E-state index in [-0.39, 0.29) is 11.5 Å². The number of aliphatic carboxylic acids is 1. The van der Waals surface area contributed by atoms with E-state index in [0.717, 1.165) is 28.9 Å². The maximum atomic E-state index is 11.8. The number of carboxylic acids is 1. The summed E-state index contributed by atoms with van der Waals surface area (Å²) in [7, 11) is -3.30. The number of aromatic nitrogens is 1. The molecule has 2 aromatic carbocycles. The fourth-order valence-corrected chi connectivity index (χ4v) is 3.98. The van der Waals surface area contributed by atoms with Gasteiger partial charge in [0.15, 0.2) is 15.9 Å². The quantitative estimate of drug-likeness (QED) is 0.632. The Bertz CT molecular complexity index is 1120. The summed E-state index contributed by atoms with van der Waals surface area (Å²) in [5, 5.41) is 9.65. The molecule has 0 saturated heterocycles. The standard InChI is InChI=1S/C22H23NO5S/c1-4-28-21(22(24)25)19-14-20(16-10-12-18(13-11-16)29(3,26)27)23(15(19)2)17-8-6-5-7-9-17/h5-14,21H,4H2,1-3H3,(H,24,25). The molecule has 1 unspecified atom stereocenters. The van der Waals surface area contributed by atoms with Crippen molar-refractivity contribution in [2.24, 2.45) is 0 Å². The van der Waals surface area contributed by atoms with E-state index in [1.807, 2.05) is 41.8 Å². The third-order valence-electron chi connectivity index (χ3n) is 4.72. The molecular weight excluding hydrogens is 390 g/mol. The molecule has 0 fully saturated rings. The molecule has 0 saturated carbocycles. The number of benzene rings is 2. The first-order chi connectivity index (χ1) is 13.7. The number of para-hydroxylation sites is 1. The van der Waals surface area contributed by atoms with Gasteiger partial charge in [0.1, 0.15) is 0 Å². The van der Waals surface area contributed by atoms with Crippen LogP contribution in [-0.4, -0.2) is 36.9 Å². The fraction of sp³-hybridized carbons (Fsp3) is 0.227. The Labute approximate surface area is 170 Å². The van der Waals surface area contributed by atoms with Crippen LogP contribution in [0.2, 0.25) is 0 Å². The smallest absolute Gasteiger partial charge is 0.337 e. The number of sulfone groups is 1. The van der Waals surface area contributed by atoms with E-state index in [1.54, 1.807) is 37.3 Å². The lowest BCUT2D eigenvalue weighted by atomic mass is 10.1. The zero-order chi connectivity index (χ0) is 21.2. The number of carbonyl (C=O) groups is 1. The fourth-order valence-electron chi connectivity index (χ4n) is 3.35. The topological polar surface area (TPSA) is 85.6 Å². The van der Waals surface area contributed by atoms with Crippen LogP contribution in [0, 0.1) is 6.92 Å². The predicted molar refractivity (Wildman–Crippen MR) is 111 cm³/mol. The molecule has 152 valence electrons. The molecule has 1 heterocycles. The molecule has 0 amide bonds. The second-order valence-electron chi connectivity index (χ2n) is 6.71. The largest absolute Gasteiger partial charge is 0.479 e. The SMILES string of the molecule is CCOC(C(=O)O)c1cc(-c2ccc(S(C)(=O)=O)cc2)n(-c2ccccc2)c1C. The van der Waals surface area contributed by atoms with Crippen molar-refractivity contribution in [3.05, 3.63) is 71.9 Å². The number of hydrogen-bond donors (Lipinski definition) is 1. The molecule has 3 rings (SSSR count). The Kier molecular flexibility index (Phi) is 5.91. The summed E-state index contributed by atoms with van der Waals surface area (Å²) in [6.07, 6.45) is 0.0789. The van der Waals surface area contributed by atoms with E-state index in [4.69, 9.17) is 4.74 Å². The number of nitrogens with zero attached hydrogens (tertiary/aromatic N) is 1. The number of hydrogen-bond acceptors (Lipinski definition) is 4. The van der Waals surface area contributed by atoms with Crippen LogP contribution in [0.15, 0.2) is 65.6 Å². The van der Waals surface area contributed by atoms with Crippen molar-refractivity contribution >= 4 is 15.8 Å². The first kappa shape index (κ1) is 20.8. The Morgan fingerprint density at radius 1 is 1.10 bits per heavy atom. The molecule has 3 aromatic rings. The van der Waals surface area contributed by atoms with Crippen LogP contribution in [-0.2, 0) is 19.4 Å². The van der Waals surface area contributed by atoms with Crippen LogP contribution in [0.5, 0.6) is 0 Å². The number of carboxylic acid groups (broad SMARTS) is 1. The highest BCUT2D eigenvalue weighted by molar-refractivity contribution is 7.90. The van der Waals surface area contributed by atoms with Crippen LogP contribution in [0.1, 0.15) is 24.3 Å². The lowest BCUT2D eigenvalue weighted by Crippen LogP contribution is -2.16. The van der Waals surface area contributed by atoms with Crippen LogP contribution >= 0.6 is 0 Å². The first-order valence-corrected chi connectivity index (χ1v) is 11.1. The van der Waals surface area contributed by atoms with E-state index in [2.05, 4.69) is 0 Å². The summed E-state index contributed by atoms with van der Waals surface area (Å²) in [6.45, 7) is 3.88. The average molecular weight is 413 g/mol. The minimum atomic E-state index is -3.30. The normalized spacial score (nSPS) is 12.7. The molecule has 0 aliphatic heterocycles. The van der Waals surface area contributed by atoms with Gasteiger partial charge in [0, 0.05) is 29.8 Å².